The SMILES string of the molecule is CN(C)S(=O)(=O)n1ccc(CN2CCC3CN(c4ncnc5sc(CC(F)(F)F)cc45)CCC32)n1. The molecule has 3 aromatic heterocycles. The lowest BCUT2D eigenvalue weighted by molar-refractivity contribution is -0.126. The molecule has 0 N–H and O–H groups in total. The van der Waals surface area contributed by atoms with Crippen LogP contribution in [0.25, 0.3) is 10.2 Å². The first-order chi connectivity index (χ1) is 16.5. The molecule has 190 valence electrons. The van der Waals surface area contributed by atoms with E-state index in [0.717, 1.165) is 52.2 Å². The van der Waals surface area contributed by atoms with E-state index in [1.807, 2.05) is 0 Å². The summed E-state index contributed by atoms with van der Waals surface area (Å²) in [6.45, 7) is 2.95. The highest BCUT2D eigenvalue weighted by atomic mass is 32.2. The number of alkyl halides is 3. The first-order valence-corrected chi connectivity index (χ1v) is 13.5. The molecule has 35 heavy (non-hydrogen) atoms. The van der Waals surface area contributed by atoms with Crippen LogP contribution in [0.2, 0.25) is 0 Å². The normalized spacial score (nSPS) is 21.8. The van der Waals surface area contributed by atoms with Crippen molar-refractivity contribution in [2.75, 3.05) is 38.6 Å². The van der Waals surface area contributed by atoms with Crippen LogP contribution in [0.3, 0.4) is 0 Å². The van der Waals surface area contributed by atoms with Gasteiger partial charge >= 0.3 is 16.4 Å². The number of hydrogen-bond acceptors (Lipinski definition) is 8. The fourth-order valence-electron chi connectivity index (χ4n) is 5.03. The third-order valence-electron chi connectivity index (χ3n) is 6.67. The second kappa shape index (κ2) is 8.98. The molecule has 2 atom stereocenters. The first kappa shape index (κ1) is 24.4. The number of halogens is 3. The topological polar surface area (TPSA) is 87.5 Å². The molecular formula is C21H26F3N7O2S2. The van der Waals surface area contributed by atoms with E-state index in [0.29, 0.717) is 40.2 Å². The van der Waals surface area contributed by atoms with Crippen molar-refractivity contribution in [3.63, 3.8) is 0 Å². The Hall–Kier alpha value is -2.29. The minimum Gasteiger partial charge on any atom is -0.356 e. The van der Waals surface area contributed by atoms with Gasteiger partial charge in [0.25, 0.3) is 0 Å². The number of thiophene rings is 1. The minimum absolute atomic E-state index is 0.242. The molecule has 14 heteroatoms. The Labute approximate surface area is 205 Å². The van der Waals surface area contributed by atoms with Gasteiger partial charge < -0.3 is 4.90 Å². The Kier molecular flexibility index (Phi) is 6.26. The van der Waals surface area contributed by atoms with Crippen molar-refractivity contribution in [3.05, 3.63) is 35.2 Å². The average Bonchev–Trinajstić information content (AvgIpc) is 3.50. The van der Waals surface area contributed by atoms with E-state index in [1.165, 1.54) is 26.6 Å². The summed E-state index contributed by atoms with van der Waals surface area (Å²) in [5.74, 6) is 1.08. The zero-order valence-corrected chi connectivity index (χ0v) is 20.9. The third-order valence-corrected chi connectivity index (χ3v) is 9.31. The van der Waals surface area contributed by atoms with E-state index in [4.69, 9.17) is 0 Å². The Morgan fingerprint density at radius 2 is 2.00 bits per heavy atom. The molecule has 5 heterocycles. The monoisotopic (exact) mass is 529 g/mol. The summed E-state index contributed by atoms with van der Waals surface area (Å²) < 4.78 is 65.3. The third kappa shape index (κ3) is 4.88. The molecule has 0 aliphatic carbocycles. The van der Waals surface area contributed by atoms with Gasteiger partial charge in [0.05, 0.1) is 17.5 Å². The summed E-state index contributed by atoms with van der Waals surface area (Å²) in [4.78, 5) is 14.0. The van der Waals surface area contributed by atoms with Crippen LogP contribution < -0.4 is 4.90 Å². The van der Waals surface area contributed by atoms with Crippen LogP contribution in [-0.4, -0.2) is 82.7 Å². The molecule has 3 aromatic rings. The van der Waals surface area contributed by atoms with Crippen molar-refractivity contribution in [2.45, 2.75) is 38.0 Å². The van der Waals surface area contributed by atoms with Crippen molar-refractivity contribution in [2.24, 2.45) is 5.92 Å². The van der Waals surface area contributed by atoms with Crippen molar-refractivity contribution in [3.8, 4) is 0 Å². The second-order valence-electron chi connectivity index (χ2n) is 9.21. The fourth-order valence-corrected chi connectivity index (χ4v) is 6.81. The molecule has 5 rings (SSSR count). The predicted molar refractivity (Wildman–Crippen MR) is 127 cm³/mol. The number of anilines is 1. The number of fused-ring (bicyclic) bond motifs is 2. The van der Waals surface area contributed by atoms with Crippen LogP contribution in [0.15, 0.2) is 24.7 Å². The lowest BCUT2D eigenvalue weighted by Gasteiger charge is -2.38. The molecule has 2 aliphatic heterocycles. The summed E-state index contributed by atoms with van der Waals surface area (Å²) in [7, 11) is -0.704. The van der Waals surface area contributed by atoms with E-state index in [9.17, 15) is 21.6 Å². The van der Waals surface area contributed by atoms with Crippen LogP contribution in [0.1, 0.15) is 23.4 Å². The van der Waals surface area contributed by atoms with Gasteiger partial charge in [-0.2, -0.15) is 35.1 Å². The lowest BCUT2D eigenvalue weighted by atomic mass is 9.92. The number of hydrogen-bond donors (Lipinski definition) is 0. The van der Waals surface area contributed by atoms with E-state index in [1.54, 1.807) is 12.1 Å². The molecule has 2 aliphatic rings. The van der Waals surface area contributed by atoms with E-state index >= 15 is 0 Å². The maximum Gasteiger partial charge on any atom is 0.393 e. The Morgan fingerprint density at radius 1 is 1.20 bits per heavy atom. The quantitative estimate of drug-likeness (QED) is 0.485. The van der Waals surface area contributed by atoms with Crippen molar-refractivity contribution in [1.29, 1.82) is 0 Å². The summed E-state index contributed by atoms with van der Waals surface area (Å²) in [6, 6.07) is 3.65. The minimum atomic E-state index is -4.26. The molecule has 0 saturated carbocycles. The molecule has 0 bridgehead atoms. The van der Waals surface area contributed by atoms with Gasteiger partial charge in [0.1, 0.15) is 17.0 Å². The molecule has 0 amide bonds. The predicted octanol–water partition coefficient (Wildman–Crippen LogP) is 2.75. The highest BCUT2D eigenvalue weighted by molar-refractivity contribution is 7.87. The summed E-state index contributed by atoms with van der Waals surface area (Å²) in [6.07, 6.45) is -0.460. The van der Waals surface area contributed by atoms with Crippen molar-refractivity contribution >= 4 is 37.6 Å². The second-order valence-corrected chi connectivity index (χ2v) is 12.3. The van der Waals surface area contributed by atoms with Crippen LogP contribution in [-0.2, 0) is 23.2 Å². The van der Waals surface area contributed by atoms with Crippen LogP contribution in [0.4, 0.5) is 19.0 Å². The standard InChI is InChI=1S/C21H26F3N7O2S2/c1-28(2)35(32,33)31-8-4-15(27-31)12-29-6-3-14-11-30(7-5-18(14)29)19-17-9-16(10-21(22,23)24)34-20(17)26-13-25-19/h4,8-9,13-14,18H,3,5-7,10-12H2,1-2H3. The van der Waals surface area contributed by atoms with Gasteiger partial charge in [-0.15, -0.1) is 11.3 Å². The number of aromatic nitrogens is 4. The van der Waals surface area contributed by atoms with Crippen LogP contribution >= 0.6 is 11.3 Å². The van der Waals surface area contributed by atoms with Gasteiger partial charge in [-0.05, 0) is 37.4 Å². The van der Waals surface area contributed by atoms with Gasteiger partial charge in [-0.3, -0.25) is 4.90 Å². The average molecular weight is 530 g/mol. The number of likely N-dealkylation sites (tertiary alicyclic amines) is 1. The fraction of sp³-hybridized carbons (Fsp3) is 0.571. The number of nitrogens with zero attached hydrogens (tertiary/aromatic N) is 7. The van der Waals surface area contributed by atoms with Crippen molar-refractivity contribution in [1.82, 2.24) is 28.4 Å². The zero-order valence-electron chi connectivity index (χ0n) is 19.3. The van der Waals surface area contributed by atoms with Gasteiger partial charge in [-0.25, -0.2) is 9.97 Å². The smallest absolute Gasteiger partial charge is 0.356 e. The molecule has 0 spiro atoms. The lowest BCUT2D eigenvalue weighted by Crippen LogP contribution is -2.46. The Bertz CT molecular complexity index is 1320. The molecular weight excluding hydrogens is 503 g/mol. The largest absolute Gasteiger partial charge is 0.393 e. The highest BCUT2D eigenvalue weighted by Gasteiger charge is 2.39. The Balaban J connectivity index is 1.28. The summed E-state index contributed by atoms with van der Waals surface area (Å²) in [5.41, 5.74) is 0.700. The Morgan fingerprint density at radius 3 is 2.74 bits per heavy atom. The number of rotatable bonds is 6. The van der Waals surface area contributed by atoms with Crippen LogP contribution in [0.5, 0.6) is 0 Å². The molecule has 2 unspecified atom stereocenters. The van der Waals surface area contributed by atoms with Gasteiger partial charge in [0.2, 0.25) is 0 Å². The van der Waals surface area contributed by atoms with Gasteiger partial charge in [-0.1, -0.05) is 0 Å². The van der Waals surface area contributed by atoms with Gasteiger partial charge in [0.15, 0.2) is 0 Å². The summed E-state index contributed by atoms with van der Waals surface area (Å²) >= 11 is 1.07. The van der Waals surface area contributed by atoms with Crippen LogP contribution in [0, 0.1) is 5.92 Å². The number of piperidine rings is 1. The molecule has 0 radical (unpaired) electrons. The van der Waals surface area contributed by atoms with Crippen molar-refractivity contribution < 1.29 is 21.6 Å². The van der Waals surface area contributed by atoms with Gasteiger partial charge in [0, 0.05) is 50.8 Å². The molecule has 9 nitrogen and oxygen atoms in total. The van der Waals surface area contributed by atoms with E-state index in [-0.39, 0.29) is 4.88 Å². The van der Waals surface area contributed by atoms with E-state index in [2.05, 4.69) is 24.9 Å². The zero-order chi connectivity index (χ0) is 25.0. The highest BCUT2D eigenvalue weighted by Crippen LogP contribution is 2.38. The maximum atomic E-state index is 12.9. The molecule has 2 fully saturated rings. The molecule has 0 aromatic carbocycles. The molecule has 2 saturated heterocycles. The first-order valence-electron chi connectivity index (χ1n) is 11.3. The maximum absolute atomic E-state index is 12.9. The van der Waals surface area contributed by atoms with E-state index < -0.39 is 22.8 Å². The summed E-state index contributed by atoms with van der Waals surface area (Å²) in [5, 5.41) is 4.95.